The van der Waals surface area contributed by atoms with Gasteiger partial charge in [-0.2, -0.15) is 5.10 Å². The van der Waals surface area contributed by atoms with Gasteiger partial charge in [0.25, 0.3) is 0 Å². The van der Waals surface area contributed by atoms with E-state index in [9.17, 15) is 14.7 Å². The average molecular weight is 509 g/mol. The molecule has 0 spiro atoms. The summed E-state index contributed by atoms with van der Waals surface area (Å²) in [6.45, 7) is 17.5. The van der Waals surface area contributed by atoms with E-state index in [0.717, 1.165) is 10.9 Å². The third kappa shape index (κ3) is 8.90. The van der Waals surface area contributed by atoms with Crippen LogP contribution in [0.3, 0.4) is 0 Å². The number of nitrogens with zero attached hydrogens (tertiary/aromatic N) is 4. The Balaban J connectivity index is 2.43. The molecule has 0 saturated carbocycles. The summed E-state index contributed by atoms with van der Waals surface area (Å²) in [4.78, 5) is 31.2. The lowest BCUT2D eigenvalue weighted by Gasteiger charge is -2.28. The summed E-state index contributed by atoms with van der Waals surface area (Å²) in [5.41, 5.74) is -0.0116. The van der Waals surface area contributed by atoms with Crippen molar-refractivity contribution in [1.29, 1.82) is 0 Å². The fourth-order valence-corrected chi connectivity index (χ4v) is 3.86. The first-order valence-corrected chi connectivity index (χ1v) is 15.5. The van der Waals surface area contributed by atoms with Gasteiger partial charge in [-0.3, -0.25) is 4.98 Å². The number of carbonyl (C=O) groups excluding carboxylic acids is 2. The Kier molecular flexibility index (Phi) is 9.07. The van der Waals surface area contributed by atoms with E-state index in [0.29, 0.717) is 28.8 Å². The molecule has 2 aromatic rings. The SMILES string of the molecule is CC(C)(C)OC(=O)N(Cc1cnc(CO)c2cnn(COCC[Si](C)(C)C)c12)C(=O)OC(C)(C)C. The summed E-state index contributed by atoms with van der Waals surface area (Å²) in [7, 11) is -1.25. The Morgan fingerprint density at radius 1 is 1.03 bits per heavy atom. The van der Waals surface area contributed by atoms with Crippen molar-refractivity contribution in [1.82, 2.24) is 19.7 Å². The van der Waals surface area contributed by atoms with Gasteiger partial charge in [0.2, 0.25) is 0 Å². The molecule has 0 aliphatic heterocycles. The van der Waals surface area contributed by atoms with E-state index in [1.807, 2.05) is 0 Å². The lowest BCUT2D eigenvalue weighted by atomic mass is 10.1. The Labute approximate surface area is 208 Å². The van der Waals surface area contributed by atoms with Gasteiger partial charge in [0.05, 0.1) is 30.6 Å². The van der Waals surface area contributed by atoms with E-state index in [-0.39, 0.29) is 19.9 Å². The molecule has 0 fully saturated rings. The van der Waals surface area contributed by atoms with E-state index in [1.165, 1.54) is 6.20 Å². The normalized spacial score (nSPS) is 12.6. The molecule has 1 N–H and O–H groups in total. The molecule has 0 unspecified atom stereocenters. The number of imide groups is 1. The molecule has 35 heavy (non-hydrogen) atoms. The molecule has 2 aromatic heterocycles. The fourth-order valence-electron chi connectivity index (χ4n) is 3.10. The van der Waals surface area contributed by atoms with E-state index in [2.05, 4.69) is 29.7 Å². The Bertz CT molecular complexity index is 1010. The molecule has 10 nitrogen and oxygen atoms in total. The molecule has 0 aliphatic carbocycles. The Hall–Kier alpha value is -2.50. The van der Waals surface area contributed by atoms with Gasteiger partial charge in [-0.1, -0.05) is 19.6 Å². The van der Waals surface area contributed by atoms with Crippen molar-refractivity contribution in [3.63, 3.8) is 0 Å². The summed E-state index contributed by atoms with van der Waals surface area (Å²) >= 11 is 0. The van der Waals surface area contributed by atoms with Crippen molar-refractivity contribution in [3.05, 3.63) is 23.7 Å². The topological polar surface area (TPSA) is 116 Å². The highest BCUT2D eigenvalue weighted by Crippen LogP contribution is 2.25. The second kappa shape index (κ2) is 11.0. The first-order valence-electron chi connectivity index (χ1n) is 11.7. The van der Waals surface area contributed by atoms with Crippen LogP contribution in [-0.2, 0) is 34.1 Å². The zero-order valence-corrected chi connectivity index (χ0v) is 23.5. The summed E-state index contributed by atoms with van der Waals surface area (Å²) in [6.07, 6.45) is 1.47. The Morgan fingerprint density at radius 3 is 2.09 bits per heavy atom. The van der Waals surface area contributed by atoms with Crippen LogP contribution < -0.4 is 0 Å². The minimum absolute atomic E-state index is 0.153. The van der Waals surface area contributed by atoms with Gasteiger partial charge in [0.1, 0.15) is 17.9 Å². The second-order valence-electron chi connectivity index (χ2n) is 11.7. The smallest absolute Gasteiger partial charge is 0.420 e. The zero-order chi connectivity index (χ0) is 26.6. The number of ether oxygens (including phenoxy) is 3. The van der Waals surface area contributed by atoms with Crippen LogP contribution in [0.4, 0.5) is 9.59 Å². The van der Waals surface area contributed by atoms with Crippen LogP contribution in [0, 0.1) is 0 Å². The highest BCUT2D eigenvalue weighted by molar-refractivity contribution is 6.76. The molecule has 196 valence electrons. The van der Waals surface area contributed by atoms with E-state index < -0.39 is 31.5 Å². The van der Waals surface area contributed by atoms with Gasteiger partial charge in [0.15, 0.2) is 0 Å². The van der Waals surface area contributed by atoms with Crippen LogP contribution in [0.2, 0.25) is 25.7 Å². The van der Waals surface area contributed by atoms with E-state index >= 15 is 0 Å². The Morgan fingerprint density at radius 2 is 1.60 bits per heavy atom. The van der Waals surface area contributed by atoms with Gasteiger partial charge in [-0.25, -0.2) is 19.2 Å². The molecule has 2 heterocycles. The first kappa shape index (κ1) is 28.7. The van der Waals surface area contributed by atoms with Gasteiger partial charge in [-0.05, 0) is 47.6 Å². The molecule has 2 rings (SSSR count). The molecule has 0 aromatic carbocycles. The number of aromatic nitrogens is 3. The monoisotopic (exact) mass is 508 g/mol. The highest BCUT2D eigenvalue weighted by atomic mass is 28.3. The minimum Gasteiger partial charge on any atom is -0.443 e. The third-order valence-corrected chi connectivity index (χ3v) is 6.45. The standard InChI is InChI=1S/C24H40N4O6Si/c1-23(2,3)33-21(30)27(22(31)34-24(4,5)6)14-17-12-25-19(15-29)18-13-26-28(20(17)18)16-32-10-11-35(7,8)9/h12-13,29H,10-11,14-16H2,1-9H3. The average Bonchev–Trinajstić information content (AvgIpc) is 3.10. The molecule has 0 bridgehead atoms. The van der Waals surface area contributed by atoms with Crippen LogP contribution >= 0.6 is 0 Å². The number of carbonyl (C=O) groups is 2. The zero-order valence-electron chi connectivity index (χ0n) is 22.5. The van der Waals surface area contributed by atoms with Gasteiger partial charge in [-0.15, -0.1) is 0 Å². The molecule has 11 heteroatoms. The quantitative estimate of drug-likeness (QED) is 0.395. The summed E-state index contributed by atoms with van der Waals surface area (Å²) < 4.78 is 18.5. The number of rotatable bonds is 8. The number of amides is 2. The molecular weight excluding hydrogens is 468 g/mol. The summed E-state index contributed by atoms with van der Waals surface area (Å²) in [5, 5.41) is 14.8. The predicted molar refractivity (Wildman–Crippen MR) is 136 cm³/mol. The molecule has 0 radical (unpaired) electrons. The van der Waals surface area contributed by atoms with Gasteiger partial charge >= 0.3 is 12.2 Å². The van der Waals surface area contributed by atoms with Crippen molar-refractivity contribution in [3.8, 4) is 0 Å². The molecular formula is C24H40N4O6Si. The fraction of sp³-hybridized carbons (Fsp3) is 0.667. The van der Waals surface area contributed by atoms with Crippen molar-refractivity contribution >= 4 is 31.2 Å². The van der Waals surface area contributed by atoms with E-state index in [1.54, 1.807) is 52.4 Å². The maximum atomic E-state index is 13.0. The van der Waals surface area contributed by atoms with E-state index in [4.69, 9.17) is 14.2 Å². The van der Waals surface area contributed by atoms with Crippen molar-refractivity contribution in [2.24, 2.45) is 0 Å². The predicted octanol–water partition coefficient (Wildman–Crippen LogP) is 4.91. The van der Waals surface area contributed by atoms with Crippen molar-refractivity contribution in [2.45, 2.75) is 98.3 Å². The maximum absolute atomic E-state index is 13.0. The summed E-state index contributed by atoms with van der Waals surface area (Å²) in [6, 6.07) is 1.01. The molecule has 0 aliphatic rings. The van der Waals surface area contributed by atoms with Crippen LogP contribution in [0.15, 0.2) is 12.4 Å². The number of aliphatic hydroxyl groups is 1. The highest BCUT2D eigenvalue weighted by Gasteiger charge is 2.32. The number of pyridine rings is 1. The lowest BCUT2D eigenvalue weighted by molar-refractivity contribution is -0.000219. The third-order valence-electron chi connectivity index (χ3n) is 4.75. The molecule has 0 atom stereocenters. The number of hydrogen-bond donors (Lipinski definition) is 1. The summed E-state index contributed by atoms with van der Waals surface area (Å²) in [5.74, 6) is 0. The second-order valence-corrected chi connectivity index (χ2v) is 17.3. The number of hydrogen-bond acceptors (Lipinski definition) is 8. The van der Waals surface area contributed by atoms with Crippen molar-refractivity contribution in [2.75, 3.05) is 6.61 Å². The number of fused-ring (bicyclic) bond motifs is 1. The van der Waals surface area contributed by atoms with Crippen LogP contribution in [0.25, 0.3) is 10.9 Å². The van der Waals surface area contributed by atoms with Gasteiger partial charge < -0.3 is 19.3 Å². The van der Waals surface area contributed by atoms with Crippen LogP contribution in [0.5, 0.6) is 0 Å². The largest absolute Gasteiger partial charge is 0.443 e. The number of aliphatic hydroxyl groups excluding tert-OH is 1. The maximum Gasteiger partial charge on any atom is 0.420 e. The minimum atomic E-state index is -1.25. The first-order chi connectivity index (χ1) is 16.0. The molecule has 2 amide bonds. The van der Waals surface area contributed by atoms with Crippen LogP contribution in [0.1, 0.15) is 52.8 Å². The lowest BCUT2D eigenvalue weighted by Crippen LogP contribution is -2.43. The molecule has 0 saturated heterocycles. The van der Waals surface area contributed by atoms with Crippen molar-refractivity contribution < 1.29 is 28.9 Å². The van der Waals surface area contributed by atoms with Crippen LogP contribution in [-0.4, -0.2) is 62.8 Å². The van der Waals surface area contributed by atoms with Gasteiger partial charge in [0, 0.05) is 31.8 Å².